The number of aryl methyl sites for hydroxylation is 1. The van der Waals surface area contributed by atoms with E-state index in [0.29, 0.717) is 6.54 Å². The molecule has 6 heteroatoms. The van der Waals surface area contributed by atoms with Crippen molar-refractivity contribution in [3.63, 3.8) is 0 Å². The summed E-state index contributed by atoms with van der Waals surface area (Å²) in [7, 11) is 0. The number of hydrogen-bond acceptors (Lipinski definition) is 2. The fourth-order valence-corrected chi connectivity index (χ4v) is 2.31. The van der Waals surface area contributed by atoms with Gasteiger partial charge < -0.3 is 15.0 Å². The first-order valence-electron chi connectivity index (χ1n) is 7.26. The van der Waals surface area contributed by atoms with E-state index in [2.05, 4.69) is 15.6 Å². The van der Waals surface area contributed by atoms with Crippen LogP contribution in [-0.4, -0.2) is 22.0 Å². The zero-order valence-corrected chi connectivity index (χ0v) is 13.9. The van der Waals surface area contributed by atoms with Crippen molar-refractivity contribution in [1.82, 2.24) is 14.7 Å². The highest BCUT2D eigenvalue weighted by Gasteiger charge is 2.06. The number of carbonyl (C=O) groups excluding carboxylic acids is 1. The van der Waals surface area contributed by atoms with Gasteiger partial charge in [-0.3, -0.25) is 0 Å². The number of urea groups is 1. The molecule has 3 aromatic rings. The van der Waals surface area contributed by atoms with Gasteiger partial charge in [0, 0.05) is 30.2 Å². The van der Waals surface area contributed by atoms with E-state index >= 15 is 0 Å². The monoisotopic (exact) mass is 330 g/mol. The molecule has 2 N–H and O–H groups in total. The number of nitrogens with one attached hydrogen (secondary N) is 2. The highest BCUT2D eigenvalue weighted by Crippen LogP contribution is 2.22. The SMILES string of the molecule is CCNC(=O)Nc1cccc(-c2cn3ccc(C)cc3n2)c1.Cl. The van der Waals surface area contributed by atoms with Crippen molar-refractivity contribution in [1.29, 1.82) is 0 Å². The summed E-state index contributed by atoms with van der Waals surface area (Å²) in [5.74, 6) is 0. The molecule has 23 heavy (non-hydrogen) atoms. The van der Waals surface area contributed by atoms with Crippen LogP contribution < -0.4 is 10.6 Å². The van der Waals surface area contributed by atoms with Crippen molar-refractivity contribution in [3.8, 4) is 11.3 Å². The van der Waals surface area contributed by atoms with Crippen LogP contribution in [0.4, 0.5) is 10.5 Å². The third-order valence-electron chi connectivity index (χ3n) is 3.37. The van der Waals surface area contributed by atoms with Gasteiger partial charge in [0.15, 0.2) is 0 Å². The minimum atomic E-state index is -0.203. The van der Waals surface area contributed by atoms with Crippen LogP contribution in [0, 0.1) is 6.92 Å². The lowest BCUT2D eigenvalue weighted by atomic mass is 10.1. The molecule has 0 radical (unpaired) electrons. The zero-order chi connectivity index (χ0) is 15.5. The summed E-state index contributed by atoms with van der Waals surface area (Å²) in [6.45, 7) is 4.53. The summed E-state index contributed by atoms with van der Waals surface area (Å²) >= 11 is 0. The van der Waals surface area contributed by atoms with Crippen molar-refractivity contribution in [2.75, 3.05) is 11.9 Å². The number of rotatable bonds is 3. The quantitative estimate of drug-likeness (QED) is 0.765. The molecule has 0 saturated heterocycles. The van der Waals surface area contributed by atoms with Gasteiger partial charge in [-0.2, -0.15) is 0 Å². The number of fused-ring (bicyclic) bond motifs is 1. The predicted octanol–water partition coefficient (Wildman–Crippen LogP) is 3.87. The Morgan fingerprint density at radius 3 is 2.87 bits per heavy atom. The molecule has 0 unspecified atom stereocenters. The second-order valence-corrected chi connectivity index (χ2v) is 5.16. The lowest BCUT2D eigenvalue weighted by Crippen LogP contribution is -2.28. The van der Waals surface area contributed by atoms with Crippen LogP contribution in [0.5, 0.6) is 0 Å². The zero-order valence-electron chi connectivity index (χ0n) is 13.0. The second-order valence-electron chi connectivity index (χ2n) is 5.16. The predicted molar refractivity (Wildman–Crippen MR) is 95.3 cm³/mol. The maximum atomic E-state index is 11.6. The Morgan fingerprint density at radius 1 is 1.26 bits per heavy atom. The van der Waals surface area contributed by atoms with E-state index in [1.807, 2.05) is 67.0 Å². The Morgan fingerprint density at radius 2 is 2.09 bits per heavy atom. The van der Waals surface area contributed by atoms with E-state index in [1.165, 1.54) is 5.56 Å². The molecule has 2 amide bonds. The first kappa shape index (κ1) is 16.8. The van der Waals surface area contributed by atoms with Gasteiger partial charge in [-0.15, -0.1) is 12.4 Å². The normalized spacial score (nSPS) is 10.2. The minimum Gasteiger partial charge on any atom is -0.338 e. The molecule has 0 aliphatic carbocycles. The summed E-state index contributed by atoms with van der Waals surface area (Å²) in [5.41, 5.74) is 4.69. The van der Waals surface area contributed by atoms with Crippen LogP contribution in [0.2, 0.25) is 0 Å². The maximum Gasteiger partial charge on any atom is 0.319 e. The summed E-state index contributed by atoms with van der Waals surface area (Å²) in [6.07, 6.45) is 3.98. The van der Waals surface area contributed by atoms with Crippen LogP contribution in [0.3, 0.4) is 0 Å². The molecule has 0 saturated carbocycles. The standard InChI is InChI=1S/C17H18N4O.ClH/c1-3-18-17(22)19-14-6-4-5-13(10-14)15-11-21-8-7-12(2)9-16(21)20-15;/h4-11H,3H2,1-2H3,(H2,18,19,22);1H. The van der Waals surface area contributed by atoms with Crippen molar-refractivity contribution >= 4 is 29.8 Å². The lowest BCUT2D eigenvalue weighted by molar-refractivity contribution is 0.252. The third kappa shape index (κ3) is 3.81. The van der Waals surface area contributed by atoms with Crippen LogP contribution >= 0.6 is 12.4 Å². The number of hydrogen-bond donors (Lipinski definition) is 2. The number of benzene rings is 1. The van der Waals surface area contributed by atoms with Crippen molar-refractivity contribution < 1.29 is 4.79 Å². The molecule has 3 rings (SSSR count). The number of pyridine rings is 1. The maximum absolute atomic E-state index is 11.6. The molecule has 0 aliphatic heterocycles. The fourth-order valence-electron chi connectivity index (χ4n) is 2.31. The molecular formula is C17H19ClN4O. The van der Waals surface area contributed by atoms with Crippen LogP contribution in [0.15, 0.2) is 48.8 Å². The number of nitrogens with zero attached hydrogens (tertiary/aromatic N) is 2. The van der Waals surface area contributed by atoms with Gasteiger partial charge in [0.1, 0.15) is 5.65 Å². The van der Waals surface area contributed by atoms with E-state index in [1.54, 1.807) is 0 Å². The number of halogens is 1. The highest BCUT2D eigenvalue weighted by molar-refractivity contribution is 5.90. The molecule has 0 fully saturated rings. The summed E-state index contributed by atoms with van der Waals surface area (Å²) in [6, 6.07) is 11.6. The molecular weight excluding hydrogens is 312 g/mol. The third-order valence-corrected chi connectivity index (χ3v) is 3.37. The Hall–Kier alpha value is -2.53. The van der Waals surface area contributed by atoms with Crippen LogP contribution in [0.25, 0.3) is 16.9 Å². The molecule has 5 nitrogen and oxygen atoms in total. The van der Waals surface area contributed by atoms with Gasteiger partial charge in [0.05, 0.1) is 5.69 Å². The average molecular weight is 331 g/mol. The van der Waals surface area contributed by atoms with Crippen LogP contribution in [-0.2, 0) is 0 Å². The van der Waals surface area contributed by atoms with Crippen LogP contribution in [0.1, 0.15) is 12.5 Å². The molecule has 0 aliphatic rings. The topological polar surface area (TPSA) is 58.4 Å². The van der Waals surface area contributed by atoms with Gasteiger partial charge in [0.2, 0.25) is 0 Å². The molecule has 0 bridgehead atoms. The highest BCUT2D eigenvalue weighted by atomic mass is 35.5. The van der Waals surface area contributed by atoms with E-state index < -0.39 is 0 Å². The molecule has 1 aromatic carbocycles. The largest absolute Gasteiger partial charge is 0.338 e. The van der Waals surface area contributed by atoms with Gasteiger partial charge in [-0.05, 0) is 43.7 Å². The summed E-state index contributed by atoms with van der Waals surface area (Å²) in [4.78, 5) is 16.2. The summed E-state index contributed by atoms with van der Waals surface area (Å²) in [5, 5.41) is 5.52. The minimum absolute atomic E-state index is 0. The van der Waals surface area contributed by atoms with Gasteiger partial charge in [-0.1, -0.05) is 12.1 Å². The van der Waals surface area contributed by atoms with E-state index in [0.717, 1.165) is 22.6 Å². The van der Waals surface area contributed by atoms with Crippen molar-refractivity contribution in [2.24, 2.45) is 0 Å². The van der Waals surface area contributed by atoms with Crippen molar-refractivity contribution in [3.05, 3.63) is 54.4 Å². The second kappa shape index (κ2) is 7.15. The van der Waals surface area contributed by atoms with Gasteiger partial charge in [-0.25, -0.2) is 9.78 Å². The lowest BCUT2D eigenvalue weighted by Gasteiger charge is -2.06. The average Bonchev–Trinajstić information content (AvgIpc) is 2.90. The molecule has 2 heterocycles. The molecule has 0 atom stereocenters. The number of carbonyl (C=O) groups is 1. The van der Waals surface area contributed by atoms with Crippen molar-refractivity contribution in [2.45, 2.75) is 13.8 Å². The fraction of sp³-hybridized carbons (Fsp3) is 0.176. The first-order valence-corrected chi connectivity index (χ1v) is 7.26. The number of amides is 2. The Kier molecular flexibility index (Phi) is 5.24. The number of imidazole rings is 1. The smallest absolute Gasteiger partial charge is 0.319 e. The number of anilines is 1. The summed E-state index contributed by atoms with van der Waals surface area (Å²) < 4.78 is 1.99. The molecule has 2 aromatic heterocycles. The van der Waals surface area contributed by atoms with E-state index in [9.17, 15) is 4.79 Å². The Bertz CT molecular complexity index is 828. The van der Waals surface area contributed by atoms with E-state index in [-0.39, 0.29) is 18.4 Å². The Balaban J connectivity index is 0.00000192. The van der Waals surface area contributed by atoms with E-state index in [4.69, 9.17) is 0 Å². The molecule has 120 valence electrons. The Labute approximate surface area is 141 Å². The van der Waals surface area contributed by atoms with Gasteiger partial charge >= 0.3 is 6.03 Å². The first-order chi connectivity index (χ1) is 10.7. The van der Waals surface area contributed by atoms with Gasteiger partial charge in [0.25, 0.3) is 0 Å². The number of aromatic nitrogens is 2. The molecule has 0 spiro atoms.